The van der Waals surface area contributed by atoms with Gasteiger partial charge in [0.2, 0.25) is 11.8 Å². The van der Waals surface area contributed by atoms with Crippen LogP contribution in [0.4, 0.5) is 0 Å². The van der Waals surface area contributed by atoms with Gasteiger partial charge in [0, 0.05) is 32.6 Å². The zero-order valence-electron chi connectivity index (χ0n) is 17.1. The Labute approximate surface area is 174 Å². The van der Waals surface area contributed by atoms with Gasteiger partial charge in [-0.15, -0.1) is 0 Å². The highest BCUT2D eigenvalue weighted by atomic mass is 16.5. The Kier molecular flexibility index (Phi) is 5.44. The van der Waals surface area contributed by atoms with Crippen LogP contribution in [0.3, 0.4) is 0 Å². The van der Waals surface area contributed by atoms with Crippen LogP contribution in [0.25, 0.3) is 0 Å². The summed E-state index contributed by atoms with van der Waals surface area (Å²) in [6.45, 7) is 6.85. The van der Waals surface area contributed by atoms with E-state index >= 15 is 0 Å². The molecule has 30 heavy (non-hydrogen) atoms. The molecule has 3 aliphatic heterocycles. The van der Waals surface area contributed by atoms with Crippen molar-refractivity contribution in [2.75, 3.05) is 19.6 Å². The summed E-state index contributed by atoms with van der Waals surface area (Å²) in [5.41, 5.74) is 1.24. The molecule has 0 aromatic heterocycles. The van der Waals surface area contributed by atoms with E-state index in [9.17, 15) is 19.2 Å². The molecule has 3 heterocycles. The Bertz CT molecular complexity index is 913. The number of nitrogens with zero attached hydrogens (tertiary/aromatic N) is 1. The average molecular weight is 414 g/mol. The zero-order valence-corrected chi connectivity index (χ0v) is 17.1. The van der Waals surface area contributed by atoms with Crippen LogP contribution < -0.4 is 16.0 Å². The summed E-state index contributed by atoms with van der Waals surface area (Å²) in [5.74, 6) is -1.98. The molecule has 3 aliphatic rings. The number of piperidine rings is 1. The minimum Gasteiger partial charge on any atom is -0.368 e. The fraction of sp³-hybridized carbons (Fsp3) is 0.524. The number of imide groups is 2. The second-order valence-corrected chi connectivity index (χ2v) is 8.59. The number of benzene rings is 1. The predicted octanol–water partition coefficient (Wildman–Crippen LogP) is -0.0556. The summed E-state index contributed by atoms with van der Waals surface area (Å²) in [4.78, 5) is 50.1. The molecule has 2 fully saturated rings. The second-order valence-electron chi connectivity index (χ2n) is 8.59. The lowest BCUT2D eigenvalue weighted by Crippen LogP contribution is -2.54. The lowest BCUT2D eigenvalue weighted by molar-refractivity contribution is -0.136. The van der Waals surface area contributed by atoms with Gasteiger partial charge in [-0.05, 0) is 38.0 Å². The van der Waals surface area contributed by atoms with Crippen LogP contribution in [0.1, 0.15) is 53.0 Å². The number of hydrogen-bond donors (Lipinski definition) is 3. The van der Waals surface area contributed by atoms with Crippen molar-refractivity contribution in [3.63, 3.8) is 0 Å². The Morgan fingerprint density at radius 1 is 1.17 bits per heavy atom. The van der Waals surface area contributed by atoms with Crippen molar-refractivity contribution < 1.29 is 23.9 Å². The van der Waals surface area contributed by atoms with Gasteiger partial charge in [0.05, 0.1) is 22.8 Å². The van der Waals surface area contributed by atoms with Gasteiger partial charge in [-0.3, -0.25) is 29.4 Å². The van der Waals surface area contributed by atoms with E-state index in [1.807, 2.05) is 13.8 Å². The van der Waals surface area contributed by atoms with Crippen LogP contribution in [0.2, 0.25) is 0 Å². The summed E-state index contributed by atoms with van der Waals surface area (Å²) >= 11 is 0. The van der Waals surface area contributed by atoms with Crippen LogP contribution in [0.15, 0.2) is 18.2 Å². The van der Waals surface area contributed by atoms with Gasteiger partial charge in [-0.1, -0.05) is 6.07 Å². The van der Waals surface area contributed by atoms with Crippen LogP contribution in [0, 0.1) is 0 Å². The predicted molar refractivity (Wildman–Crippen MR) is 107 cm³/mol. The second kappa shape index (κ2) is 7.90. The minimum atomic E-state index is -0.948. The van der Waals surface area contributed by atoms with Gasteiger partial charge in [-0.25, -0.2) is 0 Å². The fourth-order valence-electron chi connectivity index (χ4n) is 4.19. The van der Waals surface area contributed by atoms with Crippen molar-refractivity contribution in [2.45, 2.75) is 51.0 Å². The van der Waals surface area contributed by atoms with Gasteiger partial charge < -0.3 is 15.4 Å². The highest BCUT2D eigenvalue weighted by molar-refractivity contribution is 6.23. The largest absolute Gasteiger partial charge is 0.368 e. The molecule has 2 saturated heterocycles. The molecule has 0 radical (unpaired) electrons. The number of fused-ring (bicyclic) bond motifs is 1. The molecule has 160 valence electrons. The third-order valence-corrected chi connectivity index (χ3v) is 5.61. The summed E-state index contributed by atoms with van der Waals surface area (Å²) < 4.78 is 6.02. The highest BCUT2D eigenvalue weighted by Gasteiger charge is 2.44. The van der Waals surface area contributed by atoms with Crippen molar-refractivity contribution in [1.29, 1.82) is 0 Å². The number of morpholine rings is 1. The van der Waals surface area contributed by atoms with Crippen molar-refractivity contribution in [3.05, 3.63) is 34.9 Å². The maximum absolute atomic E-state index is 12.9. The average Bonchev–Trinajstić information content (AvgIpc) is 2.92. The molecule has 2 atom stereocenters. The Hall–Kier alpha value is -2.62. The lowest BCUT2D eigenvalue weighted by Gasteiger charge is -2.36. The zero-order chi connectivity index (χ0) is 21.5. The number of carbonyl (C=O) groups is 4. The Morgan fingerprint density at radius 2 is 1.93 bits per heavy atom. The van der Waals surface area contributed by atoms with Crippen LogP contribution in [0.5, 0.6) is 0 Å². The van der Waals surface area contributed by atoms with Crippen LogP contribution in [-0.4, -0.2) is 65.9 Å². The SMILES string of the molecule is CC1(C)CNC[C@H](CNCc2ccc3c(c2)C(=O)N(C2CCC(=O)NC2=O)C3=O)O1. The van der Waals surface area contributed by atoms with Crippen molar-refractivity contribution >= 4 is 23.6 Å². The van der Waals surface area contributed by atoms with Gasteiger partial charge in [0.25, 0.3) is 11.8 Å². The highest BCUT2D eigenvalue weighted by Crippen LogP contribution is 2.28. The maximum Gasteiger partial charge on any atom is 0.262 e. The number of hydrogen-bond acceptors (Lipinski definition) is 7. The molecule has 0 aliphatic carbocycles. The van der Waals surface area contributed by atoms with Crippen molar-refractivity contribution in [1.82, 2.24) is 20.9 Å². The molecule has 1 unspecified atom stereocenters. The minimum absolute atomic E-state index is 0.0504. The lowest BCUT2D eigenvalue weighted by atomic mass is 10.0. The number of carbonyl (C=O) groups excluding carboxylic acids is 4. The van der Waals surface area contributed by atoms with Gasteiger partial charge in [-0.2, -0.15) is 0 Å². The molecule has 3 N–H and O–H groups in total. The van der Waals surface area contributed by atoms with Gasteiger partial charge >= 0.3 is 0 Å². The molecule has 4 amide bonds. The molecule has 1 aromatic rings. The van der Waals surface area contributed by atoms with E-state index < -0.39 is 23.8 Å². The third kappa shape index (κ3) is 4.00. The molecule has 0 bridgehead atoms. The van der Waals surface area contributed by atoms with Crippen molar-refractivity contribution in [2.24, 2.45) is 0 Å². The van der Waals surface area contributed by atoms with E-state index in [-0.39, 0.29) is 36.0 Å². The Morgan fingerprint density at radius 3 is 2.67 bits per heavy atom. The van der Waals surface area contributed by atoms with Gasteiger partial charge in [0.1, 0.15) is 6.04 Å². The van der Waals surface area contributed by atoms with E-state index in [1.54, 1.807) is 18.2 Å². The van der Waals surface area contributed by atoms with E-state index in [4.69, 9.17) is 4.74 Å². The summed E-state index contributed by atoms with van der Waals surface area (Å²) in [7, 11) is 0. The normalized spacial score (nSPS) is 26.0. The van der Waals surface area contributed by atoms with Crippen molar-refractivity contribution in [3.8, 4) is 0 Å². The van der Waals surface area contributed by atoms with E-state index in [1.165, 1.54) is 0 Å². The van der Waals surface area contributed by atoms with E-state index in [2.05, 4.69) is 16.0 Å². The molecule has 4 rings (SSSR count). The molecule has 0 spiro atoms. The summed E-state index contributed by atoms with van der Waals surface area (Å²) in [6.07, 6.45) is 0.305. The number of nitrogens with one attached hydrogen (secondary N) is 3. The molecule has 1 aromatic carbocycles. The molecule has 9 nitrogen and oxygen atoms in total. The smallest absolute Gasteiger partial charge is 0.262 e. The fourth-order valence-corrected chi connectivity index (χ4v) is 4.19. The van der Waals surface area contributed by atoms with Crippen LogP contribution in [-0.2, 0) is 20.9 Å². The van der Waals surface area contributed by atoms with E-state index in [0.29, 0.717) is 18.7 Å². The summed E-state index contributed by atoms with van der Waals surface area (Å²) in [6, 6.07) is 4.17. The third-order valence-electron chi connectivity index (χ3n) is 5.61. The molecular formula is C21H26N4O5. The number of amides is 4. The molecule has 0 saturated carbocycles. The topological polar surface area (TPSA) is 117 Å². The number of rotatable bonds is 5. The van der Waals surface area contributed by atoms with Gasteiger partial charge in [0.15, 0.2) is 0 Å². The Balaban J connectivity index is 1.41. The quantitative estimate of drug-likeness (QED) is 0.578. The first-order valence-corrected chi connectivity index (χ1v) is 10.2. The van der Waals surface area contributed by atoms with Crippen LogP contribution >= 0.6 is 0 Å². The first-order valence-electron chi connectivity index (χ1n) is 10.2. The first-order chi connectivity index (χ1) is 14.2. The first kappa shape index (κ1) is 20.6. The van der Waals surface area contributed by atoms with E-state index in [0.717, 1.165) is 23.6 Å². The molecule has 9 heteroatoms. The number of ether oxygens (including phenoxy) is 1. The standard InChI is InChI=1S/C21H26N4O5/c1-21(2)11-23-10-13(30-21)9-22-8-12-3-4-14-15(7-12)20(29)25(19(14)28)16-5-6-17(26)24-18(16)27/h3-4,7,13,16,22-23H,5-6,8-11H2,1-2H3,(H,24,26,27)/t13-,16?/m0/s1. The monoisotopic (exact) mass is 414 g/mol. The molecular weight excluding hydrogens is 388 g/mol. The maximum atomic E-state index is 12.9. The summed E-state index contributed by atoms with van der Waals surface area (Å²) in [5, 5.41) is 8.89.